The summed E-state index contributed by atoms with van der Waals surface area (Å²) in [4.78, 5) is 26.8. The Morgan fingerprint density at radius 2 is 2.32 bits per heavy atom. The molecule has 1 unspecified atom stereocenters. The number of nitrogens with zero attached hydrogens (tertiary/aromatic N) is 1. The number of amides is 2. The van der Waals surface area contributed by atoms with Gasteiger partial charge in [0, 0.05) is 19.6 Å². The van der Waals surface area contributed by atoms with Crippen LogP contribution in [-0.4, -0.2) is 49.4 Å². The van der Waals surface area contributed by atoms with Crippen LogP contribution in [0.1, 0.15) is 22.5 Å². The summed E-state index contributed by atoms with van der Waals surface area (Å²) < 4.78 is 0. The number of likely N-dealkylation sites (tertiary alicyclic amines) is 1. The molecule has 1 aromatic rings. The van der Waals surface area contributed by atoms with Gasteiger partial charge < -0.3 is 15.5 Å². The Labute approximate surface area is 117 Å². The molecule has 0 radical (unpaired) electrons. The minimum absolute atomic E-state index is 0.0266. The number of carbonyl (C=O) groups excluding carboxylic acids is 2. The normalized spacial score (nSPS) is 18.6. The van der Waals surface area contributed by atoms with Crippen molar-refractivity contribution in [1.82, 2.24) is 15.5 Å². The number of thiophene rings is 1. The zero-order chi connectivity index (χ0) is 13.7. The molecule has 0 aliphatic carbocycles. The Hall–Kier alpha value is -1.40. The van der Waals surface area contributed by atoms with Gasteiger partial charge in [-0.3, -0.25) is 9.59 Å². The molecule has 19 heavy (non-hydrogen) atoms. The third-order valence-corrected chi connectivity index (χ3v) is 4.08. The second kappa shape index (κ2) is 6.68. The summed E-state index contributed by atoms with van der Waals surface area (Å²) in [6.07, 6.45) is 1.64. The Morgan fingerprint density at radius 1 is 1.47 bits per heavy atom. The topological polar surface area (TPSA) is 61.4 Å². The van der Waals surface area contributed by atoms with E-state index >= 15 is 0 Å². The fourth-order valence-electron chi connectivity index (χ4n) is 2.25. The van der Waals surface area contributed by atoms with E-state index in [1.807, 2.05) is 18.5 Å². The first kappa shape index (κ1) is 14.0. The maximum atomic E-state index is 12.3. The SMILES string of the molecule is CNCCNC(=O)C1CCCN1C(=O)c1cccs1. The summed E-state index contributed by atoms with van der Waals surface area (Å²) in [6, 6.07) is 3.35. The van der Waals surface area contributed by atoms with Gasteiger partial charge in [-0.1, -0.05) is 6.07 Å². The van der Waals surface area contributed by atoms with Crippen LogP contribution in [0.15, 0.2) is 17.5 Å². The summed E-state index contributed by atoms with van der Waals surface area (Å²) in [5.74, 6) is -0.0704. The molecule has 1 fully saturated rings. The summed E-state index contributed by atoms with van der Waals surface area (Å²) in [5.41, 5.74) is 0. The maximum absolute atomic E-state index is 12.3. The lowest BCUT2D eigenvalue weighted by Crippen LogP contribution is -2.46. The lowest BCUT2D eigenvalue weighted by atomic mass is 10.2. The van der Waals surface area contributed by atoms with E-state index in [9.17, 15) is 9.59 Å². The van der Waals surface area contributed by atoms with Gasteiger partial charge in [-0.2, -0.15) is 0 Å². The zero-order valence-corrected chi connectivity index (χ0v) is 11.8. The standard InChI is InChI=1S/C13H19N3O2S/c1-14-6-7-15-12(17)10-4-2-8-16(10)13(18)11-5-3-9-19-11/h3,5,9-10,14H,2,4,6-8H2,1H3,(H,15,17). The first-order chi connectivity index (χ1) is 9.24. The van der Waals surface area contributed by atoms with Crippen molar-refractivity contribution in [2.24, 2.45) is 0 Å². The van der Waals surface area contributed by atoms with Crippen molar-refractivity contribution in [2.45, 2.75) is 18.9 Å². The van der Waals surface area contributed by atoms with Gasteiger partial charge in [0.2, 0.25) is 5.91 Å². The van der Waals surface area contributed by atoms with Crippen LogP contribution in [0.3, 0.4) is 0 Å². The van der Waals surface area contributed by atoms with E-state index in [2.05, 4.69) is 10.6 Å². The summed E-state index contributed by atoms with van der Waals surface area (Å²) in [6.45, 7) is 1.99. The van der Waals surface area contributed by atoms with Crippen molar-refractivity contribution >= 4 is 23.2 Å². The Bertz CT molecular complexity index is 433. The molecule has 2 heterocycles. The maximum Gasteiger partial charge on any atom is 0.264 e. The van der Waals surface area contributed by atoms with Gasteiger partial charge in [0.15, 0.2) is 0 Å². The smallest absolute Gasteiger partial charge is 0.264 e. The fourth-order valence-corrected chi connectivity index (χ4v) is 2.93. The molecular weight excluding hydrogens is 262 g/mol. The average Bonchev–Trinajstić information content (AvgIpc) is 3.09. The van der Waals surface area contributed by atoms with Crippen molar-refractivity contribution in [3.63, 3.8) is 0 Å². The van der Waals surface area contributed by atoms with Crippen molar-refractivity contribution in [3.05, 3.63) is 22.4 Å². The Kier molecular flexibility index (Phi) is 4.93. The lowest BCUT2D eigenvalue weighted by Gasteiger charge is -2.23. The van der Waals surface area contributed by atoms with Gasteiger partial charge in [0.05, 0.1) is 4.88 Å². The summed E-state index contributed by atoms with van der Waals surface area (Å²) in [7, 11) is 1.84. The number of hydrogen-bond donors (Lipinski definition) is 2. The van der Waals surface area contributed by atoms with Crippen molar-refractivity contribution in [2.75, 3.05) is 26.7 Å². The number of carbonyl (C=O) groups is 2. The van der Waals surface area contributed by atoms with Gasteiger partial charge in [0.1, 0.15) is 6.04 Å². The number of rotatable bonds is 5. The Morgan fingerprint density at radius 3 is 3.00 bits per heavy atom. The molecule has 1 atom stereocenters. The molecule has 0 saturated carbocycles. The van der Waals surface area contributed by atoms with Crippen LogP contribution in [-0.2, 0) is 4.79 Å². The number of likely N-dealkylation sites (N-methyl/N-ethyl adjacent to an activating group) is 1. The third-order valence-electron chi connectivity index (χ3n) is 3.22. The zero-order valence-electron chi connectivity index (χ0n) is 11.0. The third kappa shape index (κ3) is 3.33. The number of hydrogen-bond acceptors (Lipinski definition) is 4. The highest BCUT2D eigenvalue weighted by molar-refractivity contribution is 7.12. The second-order valence-electron chi connectivity index (χ2n) is 4.53. The molecule has 1 aromatic heterocycles. The molecule has 2 rings (SSSR count). The highest BCUT2D eigenvalue weighted by atomic mass is 32.1. The molecule has 0 aromatic carbocycles. The van der Waals surface area contributed by atoms with Gasteiger partial charge >= 0.3 is 0 Å². The molecular formula is C13H19N3O2S. The van der Waals surface area contributed by atoms with Gasteiger partial charge in [-0.05, 0) is 31.3 Å². The largest absolute Gasteiger partial charge is 0.353 e. The predicted molar refractivity (Wildman–Crippen MR) is 75.3 cm³/mol. The Balaban J connectivity index is 1.96. The van der Waals surface area contributed by atoms with Crippen LogP contribution in [0.5, 0.6) is 0 Å². The minimum atomic E-state index is -0.313. The average molecular weight is 281 g/mol. The molecule has 1 aliphatic heterocycles. The molecule has 0 spiro atoms. The molecule has 6 heteroatoms. The monoisotopic (exact) mass is 281 g/mol. The van der Waals surface area contributed by atoms with E-state index in [1.165, 1.54) is 11.3 Å². The van der Waals surface area contributed by atoms with Crippen LogP contribution < -0.4 is 10.6 Å². The predicted octanol–water partition coefficient (Wildman–Crippen LogP) is 0.688. The quantitative estimate of drug-likeness (QED) is 0.781. The van der Waals surface area contributed by atoms with Crippen LogP contribution in [0, 0.1) is 0 Å². The molecule has 2 amide bonds. The molecule has 2 N–H and O–H groups in total. The van der Waals surface area contributed by atoms with E-state index in [0.717, 1.165) is 19.4 Å². The summed E-state index contributed by atoms with van der Waals surface area (Å²) in [5, 5.41) is 7.72. The van der Waals surface area contributed by atoms with Crippen LogP contribution in [0.2, 0.25) is 0 Å². The van der Waals surface area contributed by atoms with E-state index in [1.54, 1.807) is 11.0 Å². The van der Waals surface area contributed by atoms with Gasteiger partial charge in [-0.25, -0.2) is 0 Å². The van der Waals surface area contributed by atoms with Crippen LogP contribution in [0.25, 0.3) is 0 Å². The molecule has 104 valence electrons. The highest BCUT2D eigenvalue weighted by Gasteiger charge is 2.34. The van der Waals surface area contributed by atoms with Crippen molar-refractivity contribution in [3.8, 4) is 0 Å². The first-order valence-electron chi connectivity index (χ1n) is 6.51. The van der Waals surface area contributed by atoms with Gasteiger partial charge in [0.25, 0.3) is 5.91 Å². The fraction of sp³-hybridized carbons (Fsp3) is 0.538. The molecule has 1 saturated heterocycles. The number of nitrogens with one attached hydrogen (secondary N) is 2. The lowest BCUT2D eigenvalue weighted by molar-refractivity contribution is -0.124. The van der Waals surface area contributed by atoms with E-state index in [0.29, 0.717) is 18.0 Å². The van der Waals surface area contributed by atoms with Crippen LogP contribution >= 0.6 is 11.3 Å². The van der Waals surface area contributed by atoms with Crippen LogP contribution in [0.4, 0.5) is 0 Å². The minimum Gasteiger partial charge on any atom is -0.353 e. The van der Waals surface area contributed by atoms with Crippen molar-refractivity contribution in [1.29, 1.82) is 0 Å². The molecule has 0 bridgehead atoms. The highest BCUT2D eigenvalue weighted by Crippen LogP contribution is 2.22. The molecule has 1 aliphatic rings. The van der Waals surface area contributed by atoms with E-state index in [-0.39, 0.29) is 17.9 Å². The van der Waals surface area contributed by atoms with E-state index < -0.39 is 0 Å². The van der Waals surface area contributed by atoms with E-state index in [4.69, 9.17) is 0 Å². The second-order valence-corrected chi connectivity index (χ2v) is 5.48. The summed E-state index contributed by atoms with van der Waals surface area (Å²) >= 11 is 1.42. The van der Waals surface area contributed by atoms with Gasteiger partial charge in [-0.15, -0.1) is 11.3 Å². The molecule has 5 nitrogen and oxygen atoms in total. The van der Waals surface area contributed by atoms with Crippen molar-refractivity contribution < 1.29 is 9.59 Å². The first-order valence-corrected chi connectivity index (χ1v) is 7.39.